The standard InChI is InChI=1S/C13H15N3O2S2/c14-9-11-5-6-12(19-11)20(17,18)16-13(10-15)7-3-1-2-4-8-13/h5-6,16H,1-4,7-8H2. The Morgan fingerprint density at radius 2 is 1.80 bits per heavy atom. The quantitative estimate of drug-likeness (QED) is 0.868. The van der Waals surface area contributed by atoms with Crippen LogP contribution < -0.4 is 4.72 Å². The van der Waals surface area contributed by atoms with Crippen molar-refractivity contribution in [3.8, 4) is 12.1 Å². The summed E-state index contributed by atoms with van der Waals surface area (Å²) in [5, 5.41) is 18.2. The molecule has 106 valence electrons. The summed E-state index contributed by atoms with van der Waals surface area (Å²) in [6.07, 6.45) is 4.85. The van der Waals surface area contributed by atoms with Crippen molar-refractivity contribution in [3.05, 3.63) is 17.0 Å². The van der Waals surface area contributed by atoms with Crippen LogP contribution in [-0.2, 0) is 10.0 Å². The van der Waals surface area contributed by atoms with Gasteiger partial charge in [0.15, 0.2) is 0 Å². The number of hydrogen-bond donors (Lipinski definition) is 1. The second-order valence-electron chi connectivity index (χ2n) is 4.94. The van der Waals surface area contributed by atoms with Crippen molar-refractivity contribution in [2.45, 2.75) is 48.3 Å². The van der Waals surface area contributed by atoms with E-state index in [1.54, 1.807) is 0 Å². The van der Waals surface area contributed by atoms with Crippen LogP contribution in [0, 0.1) is 22.7 Å². The van der Waals surface area contributed by atoms with E-state index < -0.39 is 15.6 Å². The Kier molecular flexibility index (Phi) is 4.44. The van der Waals surface area contributed by atoms with Crippen molar-refractivity contribution < 1.29 is 8.42 Å². The summed E-state index contributed by atoms with van der Waals surface area (Å²) >= 11 is 0.922. The lowest BCUT2D eigenvalue weighted by atomic mass is 9.94. The van der Waals surface area contributed by atoms with Crippen LogP contribution in [0.5, 0.6) is 0 Å². The summed E-state index contributed by atoms with van der Waals surface area (Å²) in [5.41, 5.74) is -1.01. The summed E-state index contributed by atoms with van der Waals surface area (Å²) in [6.45, 7) is 0. The van der Waals surface area contributed by atoms with Crippen molar-refractivity contribution in [2.75, 3.05) is 0 Å². The number of nitrogens with zero attached hydrogens (tertiary/aromatic N) is 2. The molecule has 0 radical (unpaired) electrons. The first-order chi connectivity index (χ1) is 9.51. The minimum absolute atomic E-state index is 0.0907. The maximum Gasteiger partial charge on any atom is 0.251 e. The molecule has 1 aliphatic carbocycles. The Hall–Kier alpha value is -1.41. The van der Waals surface area contributed by atoms with Crippen LogP contribution in [0.3, 0.4) is 0 Å². The van der Waals surface area contributed by atoms with E-state index in [9.17, 15) is 13.7 Å². The van der Waals surface area contributed by atoms with Crippen molar-refractivity contribution >= 4 is 21.4 Å². The fourth-order valence-corrected chi connectivity index (χ4v) is 4.88. The molecule has 1 aromatic rings. The number of sulfonamides is 1. The summed E-state index contributed by atoms with van der Waals surface area (Å²) in [6, 6.07) is 6.96. The van der Waals surface area contributed by atoms with E-state index in [1.807, 2.05) is 6.07 Å². The number of nitriles is 2. The van der Waals surface area contributed by atoms with Gasteiger partial charge in [-0.15, -0.1) is 11.3 Å². The van der Waals surface area contributed by atoms with Crippen LogP contribution in [-0.4, -0.2) is 14.0 Å². The monoisotopic (exact) mass is 309 g/mol. The van der Waals surface area contributed by atoms with E-state index in [2.05, 4.69) is 10.8 Å². The largest absolute Gasteiger partial charge is 0.251 e. The molecule has 7 heteroatoms. The zero-order chi connectivity index (χ0) is 14.6. The lowest BCUT2D eigenvalue weighted by Gasteiger charge is -2.25. The molecule has 1 heterocycles. The average Bonchev–Trinajstić information content (AvgIpc) is 2.81. The third-order valence-corrected chi connectivity index (χ3v) is 6.48. The van der Waals surface area contributed by atoms with Crippen molar-refractivity contribution in [1.82, 2.24) is 4.72 Å². The zero-order valence-electron chi connectivity index (χ0n) is 10.9. The van der Waals surface area contributed by atoms with Gasteiger partial charge in [0.05, 0.1) is 6.07 Å². The van der Waals surface area contributed by atoms with Gasteiger partial charge in [-0.05, 0) is 25.0 Å². The second kappa shape index (κ2) is 5.92. The highest BCUT2D eigenvalue weighted by Crippen LogP contribution is 2.29. The Morgan fingerprint density at radius 3 is 2.30 bits per heavy atom. The lowest BCUT2D eigenvalue weighted by Crippen LogP contribution is -2.46. The normalized spacial score (nSPS) is 18.7. The summed E-state index contributed by atoms with van der Waals surface area (Å²) in [5.74, 6) is 0. The fourth-order valence-electron chi connectivity index (χ4n) is 2.40. The van der Waals surface area contributed by atoms with Crippen LogP contribution in [0.25, 0.3) is 0 Å². The van der Waals surface area contributed by atoms with Gasteiger partial charge in [-0.25, -0.2) is 8.42 Å². The van der Waals surface area contributed by atoms with Gasteiger partial charge in [-0.1, -0.05) is 25.7 Å². The molecular formula is C13H15N3O2S2. The molecule has 20 heavy (non-hydrogen) atoms. The van der Waals surface area contributed by atoms with Gasteiger partial charge < -0.3 is 0 Å². The van der Waals surface area contributed by atoms with Gasteiger partial charge in [0, 0.05) is 0 Å². The van der Waals surface area contributed by atoms with E-state index in [0.717, 1.165) is 37.0 Å². The maximum atomic E-state index is 12.3. The smallest absolute Gasteiger partial charge is 0.206 e. The average molecular weight is 309 g/mol. The Balaban J connectivity index is 2.26. The number of thiophene rings is 1. The third-order valence-electron chi connectivity index (χ3n) is 3.46. The molecular weight excluding hydrogens is 294 g/mol. The molecule has 0 bridgehead atoms. The topological polar surface area (TPSA) is 93.8 Å². The Labute approximate surface area is 122 Å². The van der Waals surface area contributed by atoms with E-state index in [4.69, 9.17) is 5.26 Å². The van der Waals surface area contributed by atoms with Gasteiger partial charge in [0.2, 0.25) is 0 Å². The molecule has 0 atom stereocenters. The molecule has 1 fully saturated rings. The van der Waals surface area contributed by atoms with Crippen LogP contribution in [0.15, 0.2) is 16.3 Å². The lowest BCUT2D eigenvalue weighted by molar-refractivity contribution is 0.422. The highest BCUT2D eigenvalue weighted by atomic mass is 32.2. The maximum absolute atomic E-state index is 12.3. The first kappa shape index (κ1) is 15.0. The van der Waals surface area contributed by atoms with Crippen LogP contribution in [0.1, 0.15) is 43.4 Å². The molecule has 1 N–H and O–H groups in total. The Bertz CT molecular complexity index is 657. The molecule has 1 aliphatic rings. The number of hydrogen-bond acceptors (Lipinski definition) is 5. The minimum Gasteiger partial charge on any atom is -0.206 e. The molecule has 5 nitrogen and oxygen atoms in total. The van der Waals surface area contributed by atoms with Crippen LogP contribution in [0.4, 0.5) is 0 Å². The van der Waals surface area contributed by atoms with E-state index in [0.29, 0.717) is 17.7 Å². The predicted octanol–water partition coefficient (Wildman–Crippen LogP) is 2.51. The second-order valence-corrected chi connectivity index (χ2v) is 7.94. The molecule has 0 amide bonds. The SMILES string of the molecule is N#Cc1ccc(S(=O)(=O)NC2(C#N)CCCCCC2)s1. The molecule has 0 aliphatic heterocycles. The summed E-state index contributed by atoms with van der Waals surface area (Å²) in [4.78, 5) is 0.345. The highest BCUT2D eigenvalue weighted by molar-refractivity contribution is 7.91. The molecule has 0 spiro atoms. The molecule has 1 aromatic heterocycles. The van der Waals surface area contributed by atoms with Gasteiger partial charge in [0.1, 0.15) is 20.7 Å². The molecule has 2 rings (SSSR count). The zero-order valence-corrected chi connectivity index (χ0v) is 12.6. The molecule has 0 aromatic carbocycles. The van der Waals surface area contributed by atoms with Gasteiger partial charge in [0.25, 0.3) is 10.0 Å². The van der Waals surface area contributed by atoms with E-state index in [-0.39, 0.29) is 4.21 Å². The van der Waals surface area contributed by atoms with E-state index >= 15 is 0 Å². The van der Waals surface area contributed by atoms with Crippen LogP contribution >= 0.6 is 11.3 Å². The highest BCUT2D eigenvalue weighted by Gasteiger charge is 2.36. The first-order valence-corrected chi connectivity index (χ1v) is 8.76. The minimum atomic E-state index is -3.74. The predicted molar refractivity (Wildman–Crippen MR) is 75.4 cm³/mol. The number of nitrogens with one attached hydrogen (secondary N) is 1. The van der Waals surface area contributed by atoms with Gasteiger partial charge in [-0.3, -0.25) is 0 Å². The summed E-state index contributed by atoms with van der Waals surface area (Å²) in [7, 11) is -3.74. The van der Waals surface area contributed by atoms with Crippen molar-refractivity contribution in [3.63, 3.8) is 0 Å². The molecule has 1 saturated carbocycles. The van der Waals surface area contributed by atoms with Crippen molar-refractivity contribution in [2.24, 2.45) is 0 Å². The summed E-state index contributed by atoms with van der Waals surface area (Å²) < 4.78 is 27.3. The van der Waals surface area contributed by atoms with Crippen molar-refractivity contribution in [1.29, 1.82) is 10.5 Å². The number of rotatable bonds is 3. The van der Waals surface area contributed by atoms with Crippen LogP contribution in [0.2, 0.25) is 0 Å². The first-order valence-electron chi connectivity index (χ1n) is 6.46. The third kappa shape index (κ3) is 3.18. The fraction of sp³-hybridized carbons (Fsp3) is 0.538. The van der Waals surface area contributed by atoms with Gasteiger partial charge in [-0.2, -0.15) is 15.2 Å². The van der Waals surface area contributed by atoms with E-state index in [1.165, 1.54) is 12.1 Å². The van der Waals surface area contributed by atoms with Gasteiger partial charge >= 0.3 is 0 Å². The molecule has 0 unspecified atom stereocenters. The Morgan fingerprint density at radius 1 is 1.15 bits per heavy atom. The molecule has 0 saturated heterocycles.